The van der Waals surface area contributed by atoms with Crippen LogP contribution in [0.3, 0.4) is 0 Å². The number of carbonyl (C=O) groups excluding carboxylic acids is 1. The van der Waals surface area contributed by atoms with Gasteiger partial charge in [0.1, 0.15) is 5.69 Å². The van der Waals surface area contributed by atoms with Crippen molar-refractivity contribution >= 4 is 27.8 Å². The molecule has 1 aromatic heterocycles. The minimum atomic E-state index is -0.734. The molecule has 2 N–H and O–H groups in total. The van der Waals surface area contributed by atoms with E-state index >= 15 is 0 Å². The molecule has 0 aromatic carbocycles. The van der Waals surface area contributed by atoms with Gasteiger partial charge in [0.25, 0.3) is 5.91 Å². The van der Waals surface area contributed by atoms with Crippen molar-refractivity contribution in [3.8, 4) is 0 Å². The molecule has 1 amide bonds. The molecule has 2 unspecified atom stereocenters. The first kappa shape index (κ1) is 13.7. The number of fused-ring (bicyclic) bond motifs is 2. The maximum absolute atomic E-state index is 12.6. The lowest BCUT2D eigenvalue weighted by atomic mass is 9.88. The van der Waals surface area contributed by atoms with Crippen LogP contribution in [-0.4, -0.2) is 39.0 Å². The average Bonchev–Trinajstić information content (AvgIpc) is 2.91. The van der Waals surface area contributed by atoms with Crippen molar-refractivity contribution in [2.45, 2.75) is 44.2 Å². The van der Waals surface area contributed by atoms with Crippen LogP contribution in [0.2, 0.25) is 0 Å². The van der Waals surface area contributed by atoms with Gasteiger partial charge in [0.15, 0.2) is 0 Å². The van der Waals surface area contributed by atoms with Crippen molar-refractivity contribution < 1.29 is 14.7 Å². The predicted octanol–water partition coefficient (Wildman–Crippen LogP) is 2.64. The Balaban J connectivity index is 1.74. The Kier molecular flexibility index (Phi) is 3.58. The van der Waals surface area contributed by atoms with Gasteiger partial charge in [0.2, 0.25) is 0 Å². The van der Waals surface area contributed by atoms with E-state index in [0.29, 0.717) is 5.69 Å². The molecule has 2 aliphatic rings. The molecule has 2 aliphatic heterocycles. The predicted molar refractivity (Wildman–Crippen MR) is 76.4 cm³/mol. The van der Waals surface area contributed by atoms with Crippen molar-refractivity contribution in [3.63, 3.8) is 0 Å². The molecule has 2 saturated heterocycles. The van der Waals surface area contributed by atoms with Crippen molar-refractivity contribution in [3.05, 3.63) is 22.4 Å². The van der Waals surface area contributed by atoms with E-state index in [1.165, 1.54) is 0 Å². The molecule has 1 aromatic rings. The number of aliphatic carboxylic acids is 1. The number of rotatable bonds is 3. The number of aromatic amines is 1. The first-order valence-electron chi connectivity index (χ1n) is 6.93. The van der Waals surface area contributed by atoms with Gasteiger partial charge in [-0.05, 0) is 53.6 Å². The van der Waals surface area contributed by atoms with Gasteiger partial charge in [-0.25, -0.2) is 0 Å². The Morgan fingerprint density at radius 1 is 1.35 bits per heavy atom. The molecule has 2 bridgehead atoms. The van der Waals surface area contributed by atoms with Gasteiger partial charge >= 0.3 is 5.97 Å². The summed E-state index contributed by atoms with van der Waals surface area (Å²) in [5, 5.41) is 8.92. The summed E-state index contributed by atoms with van der Waals surface area (Å²) in [7, 11) is 0. The maximum Gasteiger partial charge on any atom is 0.303 e. The highest BCUT2D eigenvalue weighted by molar-refractivity contribution is 9.10. The van der Waals surface area contributed by atoms with E-state index in [-0.39, 0.29) is 30.3 Å². The molecular weight excluding hydrogens is 324 g/mol. The van der Waals surface area contributed by atoms with E-state index in [1.807, 2.05) is 4.90 Å². The van der Waals surface area contributed by atoms with E-state index in [9.17, 15) is 9.59 Å². The normalized spacial score (nSPS) is 28.6. The topological polar surface area (TPSA) is 73.4 Å². The fourth-order valence-corrected chi connectivity index (χ4v) is 4.01. The van der Waals surface area contributed by atoms with Gasteiger partial charge in [-0.15, -0.1) is 0 Å². The Bertz CT molecular complexity index is 528. The number of hydrogen-bond acceptors (Lipinski definition) is 2. The van der Waals surface area contributed by atoms with Crippen LogP contribution in [0.4, 0.5) is 0 Å². The zero-order valence-electron chi connectivity index (χ0n) is 11.0. The van der Waals surface area contributed by atoms with E-state index in [4.69, 9.17) is 5.11 Å². The van der Waals surface area contributed by atoms with Crippen LogP contribution >= 0.6 is 15.9 Å². The van der Waals surface area contributed by atoms with Crippen LogP contribution in [0.1, 0.15) is 42.6 Å². The highest BCUT2D eigenvalue weighted by Gasteiger charge is 2.43. The van der Waals surface area contributed by atoms with Crippen molar-refractivity contribution in [2.75, 3.05) is 0 Å². The molecule has 6 heteroatoms. The molecule has 3 heterocycles. The summed E-state index contributed by atoms with van der Waals surface area (Å²) in [6, 6.07) is 2.20. The van der Waals surface area contributed by atoms with Crippen LogP contribution in [0.15, 0.2) is 16.7 Å². The number of hydrogen-bond donors (Lipinski definition) is 2. The Morgan fingerprint density at radius 3 is 2.50 bits per heavy atom. The summed E-state index contributed by atoms with van der Waals surface area (Å²) < 4.78 is 0.869. The summed E-state index contributed by atoms with van der Waals surface area (Å²) in [6.07, 6.45) is 5.60. The second kappa shape index (κ2) is 5.24. The zero-order chi connectivity index (χ0) is 14.3. The highest BCUT2D eigenvalue weighted by Crippen LogP contribution is 2.40. The third kappa shape index (κ3) is 2.49. The second-order valence-corrected chi connectivity index (χ2v) is 6.68. The monoisotopic (exact) mass is 340 g/mol. The number of halogens is 1. The van der Waals surface area contributed by atoms with Gasteiger partial charge in [0.05, 0.1) is 0 Å². The number of nitrogens with one attached hydrogen (secondary N) is 1. The van der Waals surface area contributed by atoms with Gasteiger partial charge in [-0.3, -0.25) is 9.59 Å². The molecule has 108 valence electrons. The Hall–Kier alpha value is -1.30. The summed E-state index contributed by atoms with van der Waals surface area (Å²) in [5.74, 6) is -0.483. The number of piperidine rings is 1. The summed E-state index contributed by atoms with van der Waals surface area (Å²) >= 11 is 3.34. The standard InChI is InChI=1S/C14H17BrN2O3/c15-9-6-12(16-7-9)14(20)17-10-1-2-11(17)4-8(3-10)5-13(18)19/h6-8,10-11,16H,1-5H2,(H,18,19). The van der Waals surface area contributed by atoms with Crippen LogP contribution in [0.25, 0.3) is 0 Å². The molecule has 5 nitrogen and oxygen atoms in total. The molecule has 20 heavy (non-hydrogen) atoms. The summed E-state index contributed by atoms with van der Waals surface area (Å²) in [4.78, 5) is 28.4. The second-order valence-electron chi connectivity index (χ2n) is 5.76. The Labute approximate surface area is 125 Å². The van der Waals surface area contributed by atoms with Gasteiger partial charge in [-0.1, -0.05) is 0 Å². The van der Waals surface area contributed by atoms with Gasteiger partial charge < -0.3 is 15.0 Å². The van der Waals surface area contributed by atoms with Crippen LogP contribution < -0.4 is 0 Å². The third-order valence-corrected chi connectivity index (χ3v) is 4.86. The SMILES string of the molecule is O=C(O)CC1CC2CCC(C1)N2C(=O)c1cc(Br)c[nH]1. The molecule has 0 aliphatic carbocycles. The maximum atomic E-state index is 12.6. The van der Waals surface area contributed by atoms with Gasteiger partial charge in [-0.2, -0.15) is 0 Å². The van der Waals surface area contributed by atoms with E-state index in [1.54, 1.807) is 12.3 Å². The lowest BCUT2D eigenvalue weighted by Crippen LogP contribution is -2.47. The third-order valence-electron chi connectivity index (χ3n) is 4.41. The summed E-state index contributed by atoms with van der Waals surface area (Å²) in [5.41, 5.74) is 0.602. The lowest BCUT2D eigenvalue weighted by Gasteiger charge is -2.38. The lowest BCUT2D eigenvalue weighted by molar-refractivity contribution is -0.138. The molecule has 0 saturated carbocycles. The van der Waals surface area contributed by atoms with Crippen LogP contribution in [0, 0.1) is 5.92 Å². The quantitative estimate of drug-likeness (QED) is 0.888. The first-order valence-corrected chi connectivity index (χ1v) is 7.72. The fraction of sp³-hybridized carbons (Fsp3) is 0.571. The van der Waals surface area contributed by atoms with Crippen molar-refractivity contribution in [1.82, 2.24) is 9.88 Å². The average molecular weight is 341 g/mol. The number of carbonyl (C=O) groups is 2. The molecule has 0 spiro atoms. The van der Waals surface area contributed by atoms with E-state index < -0.39 is 5.97 Å². The minimum Gasteiger partial charge on any atom is -0.481 e. The molecular formula is C14H17BrN2O3. The fourth-order valence-electron chi connectivity index (χ4n) is 3.67. The van der Waals surface area contributed by atoms with Crippen LogP contribution in [-0.2, 0) is 4.79 Å². The van der Waals surface area contributed by atoms with Crippen molar-refractivity contribution in [2.24, 2.45) is 5.92 Å². The zero-order valence-corrected chi connectivity index (χ0v) is 12.6. The van der Waals surface area contributed by atoms with E-state index in [2.05, 4.69) is 20.9 Å². The largest absolute Gasteiger partial charge is 0.481 e. The number of carboxylic acids is 1. The highest BCUT2D eigenvalue weighted by atomic mass is 79.9. The van der Waals surface area contributed by atoms with Crippen LogP contribution in [0.5, 0.6) is 0 Å². The number of carboxylic acid groups (broad SMARTS) is 1. The molecule has 3 rings (SSSR count). The minimum absolute atomic E-state index is 0.0389. The molecule has 2 fully saturated rings. The number of aromatic nitrogens is 1. The molecule has 0 radical (unpaired) electrons. The number of H-pyrrole nitrogens is 1. The molecule has 2 atom stereocenters. The summed E-state index contributed by atoms with van der Waals surface area (Å²) in [6.45, 7) is 0. The van der Waals surface area contributed by atoms with Gasteiger partial charge in [0, 0.05) is 29.2 Å². The Morgan fingerprint density at radius 2 is 2.00 bits per heavy atom. The van der Waals surface area contributed by atoms with E-state index in [0.717, 1.165) is 30.2 Å². The van der Waals surface area contributed by atoms with Crippen molar-refractivity contribution in [1.29, 1.82) is 0 Å². The smallest absolute Gasteiger partial charge is 0.303 e. The first-order chi connectivity index (χ1) is 9.54. The number of nitrogens with zero attached hydrogens (tertiary/aromatic N) is 1. The number of amides is 1.